The van der Waals surface area contributed by atoms with Gasteiger partial charge in [-0.2, -0.15) is 0 Å². The summed E-state index contributed by atoms with van der Waals surface area (Å²) in [5.41, 5.74) is 11.6. The van der Waals surface area contributed by atoms with Crippen LogP contribution >= 0.6 is 0 Å². The van der Waals surface area contributed by atoms with E-state index < -0.39 is 138 Å². The Morgan fingerprint density at radius 1 is 0.753 bits per heavy atom. The summed E-state index contributed by atoms with van der Waals surface area (Å²) < 4.78 is 31.7. The normalized spacial score (nSPS) is 14.5. The molecule has 2 heterocycles. The number of halogens is 2. The fourth-order valence-corrected chi connectivity index (χ4v) is 8.09. The van der Waals surface area contributed by atoms with Gasteiger partial charge in [-0.15, -0.1) is 0 Å². The molecule has 3 aromatic rings. The lowest BCUT2D eigenvalue weighted by atomic mass is 9.82. The van der Waals surface area contributed by atoms with Crippen LogP contribution in [-0.4, -0.2) is 153 Å². The molecule has 10 amide bonds. The number of primary amides is 1. The fraction of sp³-hybridized carbons (Fsp3) is 0.431. The molecule has 26 heteroatoms. The third-order valence-corrected chi connectivity index (χ3v) is 12.1. The molecule has 1 aromatic heterocycles. The topological polar surface area (TPSA) is 364 Å². The van der Waals surface area contributed by atoms with Crippen LogP contribution in [0.2, 0.25) is 0 Å². The molecule has 0 unspecified atom stereocenters. The van der Waals surface area contributed by atoms with E-state index in [1.54, 1.807) is 49.7 Å². The van der Waals surface area contributed by atoms with Crippen LogP contribution in [-0.2, 0) is 59.3 Å². The van der Waals surface area contributed by atoms with E-state index in [-0.39, 0.29) is 56.6 Å². The third-order valence-electron chi connectivity index (χ3n) is 12.1. The van der Waals surface area contributed by atoms with E-state index in [1.807, 2.05) is 18.2 Å². The van der Waals surface area contributed by atoms with Gasteiger partial charge in [-0.3, -0.25) is 57.6 Å². The largest absolute Gasteiger partial charge is 0.480 e. The summed E-state index contributed by atoms with van der Waals surface area (Å²) in [6.07, 6.45) is 1.87. The third kappa shape index (κ3) is 18.2. The standard InChI is InChI=1S/C51H65F2N11O13/c1-28(58-41(68)26-64-42(69)15-16-43(64)70)47(73)59-29(2)48(74)61-37(46(55)72)23-40(67)60-36(49(75)57-19-18-56-39(66)14-13-35(54)50(76)77)17-20-63(44(71)27-65)45(51(3,4)5)38-21-31(33-22-32(52)11-12-34(33)53)25-62(38)24-30-9-7-6-8-10-30/h6-12,15-16,21-22,25,28-29,35-37,45,65H,13-14,17-20,23-24,26-27,54H2,1-5H3,(H2,55,72)(H,56,66)(H,57,75)(H,58,68)(H,59,73)(H,60,67)(H,61,74)(H,76,77)/t28-,29-,35-,36-,37-,45-/m0/s1. The van der Waals surface area contributed by atoms with Crippen molar-refractivity contribution in [3.05, 3.63) is 95.8 Å². The predicted octanol–water partition coefficient (Wildman–Crippen LogP) is -1.02. The highest BCUT2D eigenvalue weighted by atomic mass is 19.1. The van der Waals surface area contributed by atoms with Gasteiger partial charge in [0.25, 0.3) is 11.8 Å². The molecule has 24 nitrogen and oxygen atoms in total. The number of carboxylic acids is 1. The number of carbonyl (C=O) groups is 11. The van der Waals surface area contributed by atoms with Crippen molar-refractivity contribution in [2.45, 2.75) is 103 Å². The summed E-state index contributed by atoms with van der Waals surface area (Å²) in [6, 6.07) is 5.42. The van der Waals surface area contributed by atoms with E-state index in [4.69, 9.17) is 16.6 Å². The maximum atomic E-state index is 15.3. The number of nitrogens with one attached hydrogen (secondary N) is 6. The van der Waals surface area contributed by atoms with Gasteiger partial charge in [-0.1, -0.05) is 51.1 Å². The van der Waals surface area contributed by atoms with Crippen molar-refractivity contribution in [1.29, 1.82) is 0 Å². The number of aliphatic hydroxyl groups excluding tert-OH is 1. The Kier molecular flexibility index (Phi) is 22.2. The Morgan fingerprint density at radius 2 is 1.38 bits per heavy atom. The van der Waals surface area contributed by atoms with Crippen molar-refractivity contribution in [1.82, 2.24) is 46.3 Å². The lowest BCUT2D eigenvalue weighted by molar-refractivity contribution is -0.141. The van der Waals surface area contributed by atoms with Crippen LogP contribution in [0.1, 0.15) is 77.6 Å². The molecule has 1 aliphatic heterocycles. The number of nitrogens with zero attached hydrogens (tertiary/aromatic N) is 3. The van der Waals surface area contributed by atoms with Gasteiger partial charge in [0.15, 0.2) is 0 Å². The monoisotopic (exact) mass is 1080 g/mol. The van der Waals surface area contributed by atoms with Crippen molar-refractivity contribution in [2.75, 3.05) is 32.8 Å². The Bertz CT molecular complexity index is 2710. The summed E-state index contributed by atoms with van der Waals surface area (Å²) in [4.78, 5) is 142. The molecule has 12 N–H and O–H groups in total. The van der Waals surface area contributed by atoms with E-state index in [2.05, 4.69) is 31.9 Å². The van der Waals surface area contributed by atoms with Crippen LogP contribution in [0.5, 0.6) is 0 Å². The summed E-state index contributed by atoms with van der Waals surface area (Å²) in [5.74, 6) is -11.5. The van der Waals surface area contributed by atoms with Crippen molar-refractivity contribution < 1.29 is 71.7 Å². The van der Waals surface area contributed by atoms with Crippen molar-refractivity contribution >= 4 is 65.0 Å². The molecule has 0 aliphatic carbocycles. The first-order valence-corrected chi connectivity index (χ1v) is 24.3. The highest BCUT2D eigenvalue weighted by Crippen LogP contribution is 2.41. The molecule has 2 aromatic carbocycles. The number of aromatic nitrogens is 1. The number of carboxylic acid groups (broad SMARTS) is 1. The highest BCUT2D eigenvalue weighted by Gasteiger charge is 2.38. The van der Waals surface area contributed by atoms with Crippen LogP contribution < -0.4 is 43.4 Å². The number of aliphatic hydroxyl groups is 1. The zero-order valence-electron chi connectivity index (χ0n) is 43.1. The number of benzene rings is 2. The van der Waals surface area contributed by atoms with Crippen LogP contribution in [0.15, 0.2) is 72.9 Å². The second kappa shape index (κ2) is 27.9. The molecule has 0 bridgehead atoms. The lowest BCUT2D eigenvalue weighted by Gasteiger charge is -2.41. The molecule has 0 spiro atoms. The van der Waals surface area contributed by atoms with Gasteiger partial charge >= 0.3 is 5.97 Å². The number of hydrogen-bond acceptors (Lipinski definition) is 13. The number of aliphatic carboxylic acids is 1. The molecule has 6 atom stereocenters. The van der Waals surface area contributed by atoms with Crippen molar-refractivity contribution in [3.63, 3.8) is 0 Å². The first-order valence-electron chi connectivity index (χ1n) is 24.3. The molecule has 77 heavy (non-hydrogen) atoms. The van der Waals surface area contributed by atoms with E-state index in [9.17, 15) is 62.2 Å². The quantitative estimate of drug-likeness (QED) is 0.0308. The van der Waals surface area contributed by atoms with E-state index in [0.717, 1.165) is 35.9 Å². The maximum absolute atomic E-state index is 15.3. The first kappa shape index (κ1) is 61.2. The van der Waals surface area contributed by atoms with Gasteiger partial charge in [-0.05, 0) is 61.9 Å². The molecule has 4 rings (SSSR count). The first-order chi connectivity index (χ1) is 36.2. The van der Waals surface area contributed by atoms with Crippen LogP contribution in [0.25, 0.3) is 11.1 Å². The Balaban J connectivity index is 1.58. The van der Waals surface area contributed by atoms with Crippen molar-refractivity contribution in [3.8, 4) is 11.1 Å². The summed E-state index contributed by atoms with van der Waals surface area (Å²) in [7, 11) is 0. The number of amides is 10. The molecular formula is C51H65F2N11O13. The Labute approximate surface area is 441 Å². The zero-order valence-corrected chi connectivity index (χ0v) is 43.1. The number of nitrogens with two attached hydrogens (primary N) is 2. The summed E-state index contributed by atoms with van der Waals surface area (Å²) in [5, 5.41) is 33.9. The van der Waals surface area contributed by atoms with Gasteiger partial charge in [0, 0.05) is 67.8 Å². The SMILES string of the molecule is C[C@H](NC(=O)CN1C(=O)C=CC1=O)C(=O)N[C@@H](C)C(=O)N[C@@H](CC(=O)N[C@@H](CCN(C(=O)CO)[C@@H](c1cc(-c2cc(F)ccc2F)cn1Cc1ccccc1)C(C)(C)C)C(=O)NCCNC(=O)CC[C@H](N)C(=O)O)C(N)=O. The fourth-order valence-electron chi connectivity index (χ4n) is 8.09. The van der Waals surface area contributed by atoms with Crippen LogP contribution in [0.3, 0.4) is 0 Å². The number of imide groups is 1. The van der Waals surface area contributed by atoms with Crippen LogP contribution in [0, 0.1) is 17.0 Å². The maximum Gasteiger partial charge on any atom is 0.320 e. The zero-order chi connectivity index (χ0) is 57.3. The molecule has 416 valence electrons. The lowest BCUT2D eigenvalue weighted by Crippen LogP contribution is -2.56. The van der Waals surface area contributed by atoms with Gasteiger partial charge in [-0.25, -0.2) is 8.78 Å². The molecule has 0 radical (unpaired) electrons. The molecular weight excluding hydrogens is 1010 g/mol. The molecule has 1 aliphatic rings. The Morgan fingerprint density at radius 3 is 1.99 bits per heavy atom. The average Bonchev–Trinajstić information content (AvgIpc) is 3.92. The van der Waals surface area contributed by atoms with Gasteiger partial charge < -0.3 is 63.0 Å². The van der Waals surface area contributed by atoms with Crippen molar-refractivity contribution in [2.24, 2.45) is 16.9 Å². The number of hydrogen-bond donors (Lipinski definition) is 10. The average molecular weight is 1080 g/mol. The highest BCUT2D eigenvalue weighted by molar-refractivity contribution is 6.14. The van der Waals surface area contributed by atoms with Gasteiger partial charge in [0.1, 0.15) is 55.0 Å². The van der Waals surface area contributed by atoms with Gasteiger partial charge in [0.05, 0.1) is 12.5 Å². The summed E-state index contributed by atoms with van der Waals surface area (Å²) in [6.45, 7) is 5.55. The number of rotatable bonds is 28. The second-order valence-corrected chi connectivity index (χ2v) is 19.2. The minimum atomic E-state index is -1.75. The van der Waals surface area contributed by atoms with E-state index in [1.165, 1.54) is 18.7 Å². The minimum absolute atomic E-state index is 0.0719. The second-order valence-electron chi connectivity index (χ2n) is 19.2. The van der Waals surface area contributed by atoms with Gasteiger partial charge in [0.2, 0.25) is 47.3 Å². The van der Waals surface area contributed by atoms with E-state index in [0.29, 0.717) is 10.6 Å². The molecule has 0 fully saturated rings. The van der Waals surface area contributed by atoms with E-state index >= 15 is 4.39 Å². The smallest absolute Gasteiger partial charge is 0.320 e. The molecule has 0 saturated carbocycles. The Hall–Kier alpha value is -8.39. The predicted molar refractivity (Wildman–Crippen MR) is 271 cm³/mol. The van der Waals surface area contributed by atoms with Crippen LogP contribution in [0.4, 0.5) is 8.78 Å². The minimum Gasteiger partial charge on any atom is -0.480 e. The molecule has 0 saturated heterocycles. The number of carbonyl (C=O) groups excluding carboxylic acids is 10. The summed E-state index contributed by atoms with van der Waals surface area (Å²) >= 11 is 0.